The number of amides is 7. The van der Waals surface area contributed by atoms with Crippen molar-refractivity contribution in [2.45, 2.75) is 214 Å². The standard InChI is InChI=1S/C59H98N8O15/c1-10-11-30-61-42-21-19-40(20-22-42)52(76)62-31-13-12-14-43(51(60)75)65-47(69)27-28-58(6,7)81-33-29-59(8,9)82-34-32-63-54(78)44(24-26-49(71)72)66-46(68)25-23-45(55(79)80)67-53(77)41-17-15-39(16-18-41)37-64-48(70)35-56(2,3)38-57(4,5)36-50(73)74/h19-22,39,41,43-45,61H,10-18,23-38H2,1-9H3,(H2,60,75)(H,62,76)(H,63,78)(H,64,70)(H,65,69)(H,66,68)(H,67,77)(H,71,72)(H,73,74)(H,79,80). The first-order valence-electron chi connectivity index (χ1n) is 29.1. The second kappa shape index (κ2) is 35.6. The summed E-state index contributed by atoms with van der Waals surface area (Å²) in [7, 11) is 0. The maximum Gasteiger partial charge on any atom is 0.326 e. The minimum absolute atomic E-state index is 0.00278. The van der Waals surface area contributed by atoms with E-state index in [1.54, 1.807) is 12.1 Å². The zero-order valence-electron chi connectivity index (χ0n) is 50.2. The van der Waals surface area contributed by atoms with E-state index in [-0.39, 0.29) is 81.9 Å². The fourth-order valence-corrected chi connectivity index (χ4v) is 10.1. The van der Waals surface area contributed by atoms with E-state index in [0.717, 1.165) is 25.1 Å². The SMILES string of the molecule is CCCCNc1ccc(C(=O)NCCCCC(NC(=O)CCC(C)(C)OCCC(C)(C)OCCNC(=O)C(CCC(=O)O)NC(=O)CCC(NC(=O)C2CCC(CNC(=O)CC(C)(C)CC(C)(C)CC(=O)O)CC2)C(=O)O)C(N)=O)cc1. The van der Waals surface area contributed by atoms with Gasteiger partial charge in [-0.25, -0.2) is 4.79 Å². The van der Waals surface area contributed by atoms with Gasteiger partial charge in [0.15, 0.2) is 0 Å². The lowest BCUT2D eigenvalue weighted by Gasteiger charge is -2.34. The second-order valence-electron chi connectivity index (χ2n) is 24.7. The van der Waals surface area contributed by atoms with Gasteiger partial charge in [0, 0.05) is 69.0 Å². The number of hydrogen-bond donors (Lipinski definition) is 11. The fourth-order valence-electron chi connectivity index (χ4n) is 10.1. The Morgan fingerprint density at radius 1 is 0.598 bits per heavy atom. The zero-order valence-corrected chi connectivity index (χ0v) is 50.2. The van der Waals surface area contributed by atoms with Crippen LogP contribution >= 0.6 is 0 Å². The molecule has 3 atom stereocenters. The van der Waals surface area contributed by atoms with E-state index < -0.39 is 94.0 Å². The molecule has 1 saturated carbocycles. The minimum atomic E-state index is -1.40. The van der Waals surface area contributed by atoms with Gasteiger partial charge in [0.1, 0.15) is 18.1 Å². The quantitative estimate of drug-likeness (QED) is 0.0356. The smallest absolute Gasteiger partial charge is 0.326 e. The highest BCUT2D eigenvalue weighted by molar-refractivity contribution is 5.94. The molecule has 0 aliphatic heterocycles. The Kier molecular flexibility index (Phi) is 31.1. The maximum absolute atomic E-state index is 13.2. The molecule has 82 heavy (non-hydrogen) atoms. The van der Waals surface area contributed by atoms with Crippen molar-refractivity contribution in [1.82, 2.24) is 31.9 Å². The van der Waals surface area contributed by atoms with Crippen molar-refractivity contribution < 1.29 is 72.7 Å². The van der Waals surface area contributed by atoms with Crippen LogP contribution in [0.15, 0.2) is 24.3 Å². The average Bonchev–Trinajstić information content (AvgIpc) is 3.42. The Morgan fingerprint density at radius 2 is 1.20 bits per heavy atom. The van der Waals surface area contributed by atoms with Gasteiger partial charge in [0.2, 0.25) is 35.4 Å². The normalized spacial score (nSPS) is 15.9. The van der Waals surface area contributed by atoms with E-state index in [0.29, 0.717) is 82.9 Å². The van der Waals surface area contributed by atoms with Gasteiger partial charge in [-0.05, 0) is 152 Å². The molecule has 0 saturated heterocycles. The number of anilines is 1. The Balaban J connectivity index is 1.73. The Morgan fingerprint density at radius 3 is 1.80 bits per heavy atom. The van der Waals surface area contributed by atoms with Crippen LogP contribution in [0.4, 0.5) is 5.69 Å². The molecule has 1 aromatic rings. The molecule has 0 bridgehead atoms. The van der Waals surface area contributed by atoms with Crippen molar-refractivity contribution in [1.29, 1.82) is 0 Å². The Bertz CT molecular complexity index is 2250. The summed E-state index contributed by atoms with van der Waals surface area (Å²) in [5.74, 6) is -6.96. The molecule has 2 rings (SSSR count). The number of nitrogens with one attached hydrogen (secondary N) is 7. The number of hydrogen-bond acceptors (Lipinski definition) is 13. The van der Waals surface area contributed by atoms with Gasteiger partial charge < -0.3 is 67.7 Å². The first kappa shape index (κ1) is 71.7. The molecule has 3 unspecified atom stereocenters. The van der Waals surface area contributed by atoms with Gasteiger partial charge in [-0.15, -0.1) is 0 Å². The fraction of sp³-hybridized carbons (Fsp3) is 0.729. The van der Waals surface area contributed by atoms with Gasteiger partial charge in [-0.3, -0.25) is 43.2 Å². The molecule has 464 valence electrons. The molecular formula is C59H98N8O15. The van der Waals surface area contributed by atoms with Crippen molar-refractivity contribution in [2.75, 3.05) is 44.7 Å². The molecule has 0 radical (unpaired) electrons. The van der Waals surface area contributed by atoms with Gasteiger partial charge in [0.25, 0.3) is 5.91 Å². The highest BCUT2D eigenvalue weighted by atomic mass is 16.5. The molecule has 1 aliphatic carbocycles. The summed E-state index contributed by atoms with van der Waals surface area (Å²) in [5, 5.41) is 48.1. The molecule has 23 nitrogen and oxygen atoms in total. The third kappa shape index (κ3) is 31.2. The topological polar surface area (TPSA) is 360 Å². The van der Waals surface area contributed by atoms with Crippen LogP contribution < -0.4 is 43.0 Å². The number of rotatable bonds is 42. The summed E-state index contributed by atoms with van der Waals surface area (Å²) in [6.07, 6.45) is 6.04. The lowest BCUT2D eigenvalue weighted by atomic mass is 9.71. The van der Waals surface area contributed by atoms with E-state index in [4.69, 9.17) is 15.2 Å². The van der Waals surface area contributed by atoms with E-state index in [9.17, 15) is 63.3 Å². The number of nitrogens with two attached hydrogens (primary N) is 1. The Hall–Kier alpha value is -6.36. The molecule has 0 spiro atoms. The molecule has 0 heterocycles. The van der Waals surface area contributed by atoms with Crippen molar-refractivity contribution in [3.8, 4) is 0 Å². The molecule has 0 aromatic heterocycles. The highest BCUT2D eigenvalue weighted by Gasteiger charge is 2.34. The molecular weight excluding hydrogens is 1060 g/mol. The maximum atomic E-state index is 13.2. The van der Waals surface area contributed by atoms with Crippen LogP contribution in [0.3, 0.4) is 0 Å². The zero-order chi connectivity index (χ0) is 61.7. The van der Waals surface area contributed by atoms with Gasteiger partial charge in [-0.1, -0.05) is 41.0 Å². The number of benzene rings is 1. The van der Waals surface area contributed by atoms with Crippen molar-refractivity contribution in [3.63, 3.8) is 0 Å². The van der Waals surface area contributed by atoms with Crippen LogP contribution in [0, 0.1) is 22.7 Å². The monoisotopic (exact) mass is 1160 g/mol. The van der Waals surface area contributed by atoms with Crippen molar-refractivity contribution in [3.05, 3.63) is 29.8 Å². The van der Waals surface area contributed by atoms with Gasteiger partial charge in [-0.2, -0.15) is 0 Å². The molecule has 12 N–H and O–H groups in total. The third-order valence-electron chi connectivity index (χ3n) is 14.5. The molecule has 1 aliphatic rings. The van der Waals surface area contributed by atoms with Crippen molar-refractivity contribution >= 4 is 64.9 Å². The van der Waals surface area contributed by atoms with Gasteiger partial charge >= 0.3 is 17.9 Å². The number of ether oxygens (including phenoxy) is 2. The van der Waals surface area contributed by atoms with Crippen LogP contribution in [0.1, 0.15) is 195 Å². The number of aliphatic carboxylic acids is 3. The number of unbranched alkanes of at least 4 members (excludes halogenated alkanes) is 2. The summed E-state index contributed by atoms with van der Waals surface area (Å²) < 4.78 is 12.1. The van der Waals surface area contributed by atoms with E-state index in [1.165, 1.54) is 0 Å². The average molecular weight is 1160 g/mol. The summed E-state index contributed by atoms with van der Waals surface area (Å²) in [6.45, 7) is 19.1. The summed E-state index contributed by atoms with van der Waals surface area (Å²) in [6, 6.07) is 3.74. The Labute approximate surface area is 484 Å². The lowest BCUT2D eigenvalue weighted by Crippen LogP contribution is -2.49. The number of primary amides is 1. The minimum Gasteiger partial charge on any atom is -0.481 e. The third-order valence-corrected chi connectivity index (χ3v) is 14.5. The summed E-state index contributed by atoms with van der Waals surface area (Å²) in [4.78, 5) is 125. The van der Waals surface area contributed by atoms with Crippen molar-refractivity contribution in [2.24, 2.45) is 28.4 Å². The van der Waals surface area contributed by atoms with Crippen LogP contribution in [-0.2, 0) is 52.6 Å². The number of carbonyl (C=O) groups is 10. The van der Waals surface area contributed by atoms with Crippen LogP contribution in [0.25, 0.3) is 0 Å². The highest BCUT2D eigenvalue weighted by Crippen LogP contribution is 2.38. The number of carboxylic acids is 3. The number of carboxylic acid groups (broad SMARTS) is 3. The lowest BCUT2D eigenvalue weighted by molar-refractivity contribution is -0.143. The molecule has 7 amide bonds. The predicted octanol–water partition coefficient (Wildman–Crippen LogP) is 5.57. The largest absolute Gasteiger partial charge is 0.481 e. The second-order valence-corrected chi connectivity index (χ2v) is 24.7. The molecule has 1 fully saturated rings. The molecule has 23 heteroatoms. The van der Waals surface area contributed by atoms with E-state index in [1.807, 2.05) is 67.5 Å². The summed E-state index contributed by atoms with van der Waals surface area (Å²) in [5.41, 5.74) is 4.76. The van der Waals surface area contributed by atoms with Crippen LogP contribution in [0.5, 0.6) is 0 Å². The first-order valence-corrected chi connectivity index (χ1v) is 29.1. The number of carbonyl (C=O) groups excluding carboxylic acids is 7. The van der Waals surface area contributed by atoms with Gasteiger partial charge in [0.05, 0.1) is 30.8 Å². The summed E-state index contributed by atoms with van der Waals surface area (Å²) >= 11 is 0. The van der Waals surface area contributed by atoms with E-state index in [2.05, 4.69) is 44.1 Å². The van der Waals surface area contributed by atoms with Crippen LogP contribution in [-0.4, -0.2) is 143 Å². The first-order chi connectivity index (χ1) is 38.3. The van der Waals surface area contributed by atoms with Crippen LogP contribution in [0.2, 0.25) is 0 Å². The predicted molar refractivity (Wildman–Crippen MR) is 309 cm³/mol. The molecule has 1 aromatic carbocycles. The van der Waals surface area contributed by atoms with E-state index >= 15 is 0 Å².